The van der Waals surface area contributed by atoms with Gasteiger partial charge in [-0.15, -0.1) is 0 Å². The first-order valence-electron chi connectivity index (χ1n) is 3.68. The average Bonchev–Trinajstić information content (AvgIpc) is 1.93. The molecule has 2 heteroatoms. The lowest BCUT2D eigenvalue weighted by atomic mass is 10.0. The summed E-state index contributed by atoms with van der Waals surface area (Å²) >= 11 is 1.92. The molecule has 1 rings (SSSR count). The van der Waals surface area contributed by atoms with E-state index >= 15 is 0 Å². The maximum absolute atomic E-state index is 2.29. The minimum absolute atomic E-state index is 0.722. The van der Waals surface area contributed by atoms with E-state index in [1.54, 1.807) is 0 Å². The molecule has 0 radical (unpaired) electrons. The maximum atomic E-state index is 2.29. The smallest absolute Gasteiger partial charge is 0.105 e. The molecule has 0 bridgehead atoms. The first-order valence-corrected chi connectivity index (χ1v) is 4.62. The molecular weight excluding hydrogens is 142 g/mol. The second-order valence-electron chi connectivity index (χ2n) is 2.99. The molecule has 1 aliphatic heterocycles. The van der Waals surface area contributed by atoms with Crippen LogP contribution in [0.5, 0.6) is 0 Å². The van der Waals surface area contributed by atoms with Crippen LogP contribution in [0.3, 0.4) is 0 Å². The van der Waals surface area contributed by atoms with Crippen LogP contribution in [0.1, 0.15) is 20.8 Å². The molecule has 0 fully saturated rings. The summed E-state index contributed by atoms with van der Waals surface area (Å²) in [6.07, 6.45) is 0. The van der Waals surface area contributed by atoms with Gasteiger partial charge in [0.2, 0.25) is 0 Å². The topological polar surface area (TPSA) is 3.01 Å². The third-order valence-electron chi connectivity index (χ3n) is 2.35. The van der Waals surface area contributed by atoms with Crippen molar-refractivity contribution in [1.82, 2.24) is 0 Å². The molecule has 1 heterocycles. The first kappa shape index (κ1) is 7.99. The van der Waals surface area contributed by atoms with E-state index in [4.69, 9.17) is 0 Å². The van der Waals surface area contributed by atoms with Crippen LogP contribution in [0.25, 0.3) is 0 Å². The van der Waals surface area contributed by atoms with E-state index < -0.39 is 0 Å². The van der Waals surface area contributed by atoms with E-state index in [0.717, 1.165) is 11.2 Å². The van der Waals surface area contributed by atoms with Gasteiger partial charge < -0.3 is 4.58 Å². The summed E-state index contributed by atoms with van der Waals surface area (Å²) in [6.45, 7) is 6.77. The van der Waals surface area contributed by atoms with Gasteiger partial charge >= 0.3 is 0 Å². The highest BCUT2D eigenvalue weighted by Gasteiger charge is 2.21. The molecule has 2 atom stereocenters. The van der Waals surface area contributed by atoms with Gasteiger partial charge in [0.1, 0.15) is 7.05 Å². The Labute approximate surface area is 67.5 Å². The lowest BCUT2D eigenvalue weighted by Crippen LogP contribution is -2.29. The zero-order valence-electron chi connectivity index (χ0n) is 7.09. The molecule has 0 amide bonds. The number of rotatable bonds is 0. The van der Waals surface area contributed by atoms with Crippen LogP contribution in [0.2, 0.25) is 0 Å². The van der Waals surface area contributed by atoms with Crippen molar-refractivity contribution in [3.63, 3.8) is 0 Å². The van der Waals surface area contributed by atoms with Crippen molar-refractivity contribution in [2.45, 2.75) is 26.0 Å². The fourth-order valence-electron chi connectivity index (χ4n) is 1.05. The summed E-state index contributed by atoms with van der Waals surface area (Å²) in [5.41, 5.74) is 2.19. The predicted molar refractivity (Wildman–Crippen MR) is 47.4 cm³/mol. The minimum Gasteiger partial charge on any atom is -0.360 e. The van der Waals surface area contributed by atoms with Crippen LogP contribution in [-0.4, -0.2) is 22.4 Å². The van der Waals surface area contributed by atoms with Crippen molar-refractivity contribution >= 4 is 17.3 Å². The van der Waals surface area contributed by atoms with Crippen LogP contribution in [0, 0.1) is 12.0 Å². The Balaban J connectivity index is 2.71. The van der Waals surface area contributed by atoms with E-state index in [1.807, 2.05) is 11.8 Å². The molecular formula is C8H15NS. The van der Waals surface area contributed by atoms with Crippen LogP contribution in [0.15, 0.2) is 0 Å². The van der Waals surface area contributed by atoms with Crippen molar-refractivity contribution in [2.24, 2.45) is 5.92 Å². The molecule has 10 heavy (non-hydrogen) atoms. The van der Waals surface area contributed by atoms with Gasteiger partial charge in [-0.25, -0.2) is 0 Å². The van der Waals surface area contributed by atoms with Crippen molar-refractivity contribution in [2.75, 3.05) is 7.05 Å². The van der Waals surface area contributed by atoms with Gasteiger partial charge in [-0.3, -0.25) is 0 Å². The fourth-order valence-corrected chi connectivity index (χ4v) is 2.02. The Bertz CT molecular complexity index is 153. The molecule has 0 aliphatic carbocycles. The quantitative estimate of drug-likeness (QED) is 0.384. The molecule has 0 saturated carbocycles. The van der Waals surface area contributed by atoms with Crippen molar-refractivity contribution in [3.05, 3.63) is 6.04 Å². The number of thioether (sulfide) groups is 1. The van der Waals surface area contributed by atoms with Gasteiger partial charge in [-0.1, -0.05) is 20.8 Å². The monoisotopic (exact) mass is 157 g/mol. The summed E-state index contributed by atoms with van der Waals surface area (Å²) in [5.74, 6) is 0.722. The molecule has 0 aromatic carbocycles. The van der Waals surface area contributed by atoms with Crippen LogP contribution < -0.4 is 0 Å². The van der Waals surface area contributed by atoms with Gasteiger partial charge in [-0.2, -0.15) is 11.8 Å². The highest BCUT2D eigenvalue weighted by molar-refractivity contribution is 8.12. The number of hydrogen-bond donors (Lipinski definition) is 0. The second-order valence-corrected chi connectivity index (χ2v) is 4.21. The molecule has 1 aliphatic rings. The summed E-state index contributed by atoms with van der Waals surface area (Å²) in [6, 6.07) is 1.48. The largest absolute Gasteiger partial charge is 0.360 e. The standard InChI is InChI=1S/C8H15NS/c1-6-7(2)9(4)5-10-8(6)3/h5-6,8H,1-4H3. The molecule has 0 aromatic rings. The highest BCUT2D eigenvalue weighted by atomic mass is 32.2. The van der Waals surface area contributed by atoms with Gasteiger partial charge in [0.15, 0.2) is 0 Å². The zero-order valence-corrected chi connectivity index (χ0v) is 7.90. The van der Waals surface area contributed by atoms with Crippen LogP contribution in [-0.2, 0) is 0 Å². The third-order valence-corrected chi connectivity index (χ3v) is 3.63. The molecule has 1 nitrogen and oxygen atoms in total. The van der Waals surface area contributed by atoms with E-state index in [9.17, 15) is 0 Å². The Morgan fingerprint density at radius 2 is 2.10 bits per heavy atom. The van der Waals surface area contributed by atoms with Crippen molar-refractivity contribution in [1.29, 1.82) is 0 Å². The third kappa shape index (κ3) is 1.31. The van der Waals surface area contributed by atoms with Crippen LogP contribution >= 0.6 is 11.8 Å². The normalized spacial score (nSPS) is 34.0. The van der Waals surface area contributed by atoms with E-state index in [2.05, 4.69) is 37.9 Å². The molecule has 0 saturated heterocycles. The first-order chi connectivity index (χ1) is 4.63. The van der Waals surface area contributed by atoms with Gasteiger partial charge in [0.25, 0.3) is 0 Å². The van der Waals surface area contributed by atoms with Gasteiger partial charge in [0, 0.05) is 6.04 Å². The van der Waals surface area contributed by atoms with Crippen LogP contribution in [0.4, 0.5) is 0 Å². The second kappa shape index (κ2) is 2.87. The van der Waals surface area contributed by atoms with E-state index in [0.29, 0.717) is 0 Å². The Hall–Kier alpha value is -0.110. The average molecular weight is 157 g/mol. The van der Waals surface area contributed by atoms with E-state index in [1.165, 1.54) is 6.04 Å². The highest BCUT2D eigenvalue weighted by Crippen LogP contribution is 2.29. The lowest BCUT2D eigenvalue weighted by molar-refractivity contribution is -0.483. The number of hydrogen-bond acceptors (Lipinski definition) is 1. The SMILES string of the molecule is C[C-]1C(C)C(C)SC=[N+]1C. The predicted octanol–water partition coefficient (Wildman–Crippen LogP) is 1.98. The molecule has 0 aromatic heterocycles. The molecule has 58 valence electrons. The van der Waals surface area contributed by atoms with Crippen molar-refractivity contribution in [3.8, 4) is 0 Å². The zero-order chi connectivity index (χ0) is 7.72. The molecule has 2 unspecified atom stereocenters. The van der Waals surface area contributed by atoms with Gasteiger partial charge in [-0.05, 0) is 11.2 Å². The molecule has 0 spiro atoms. The lowest BCUT2D eigenvalue weighted by Gasteiger charge is -2.33. The minimum atomic E-state index is 0.722. The summed E-state index contributed by atoms with van der Waals surface area (Å²) in [5, 5.41) is 0.746. The summed E-state index contributed by atoms with van der Waals surface area (Å²) < 4.78 is 2.22. The molecule has 0 N–H and O–H groups in total. The Morgan fingerprint density at radius 3 is 2.60 bits per heavy atom. The summed E-state index contributed by atoms with van der Waals surface area (Å²) in [7, 11) is 2.12. The van der Waals surface area contributed by atoms with E-state index in [-0.39, 0.29) is 0 Å². The Kier molecular flexibility index (Phi) is 2.29. The summed E-state index contributed by atoms with van der Waals surface area (Å²) in [4.78, 5) is 0. The fraction of sp³-hybridized carbons (Fsp3) is 0.750. The van der Waals surface area contributed by atoms with Gasteiger partial charge in [0.05, 0.1) is 5.55 Å². The van der Waals surface area contributed by atoms with Crippen molar-refractivity contribution < 1.29 is 4.58 Å². The maximum Gasteiger partial charge on any atom is 0.105 e. The Morgan fingerprint density at radius 1 is 1.50 bits per heavy atom. The number of nitrogens with zero attached hydrogens (tertiary/aromatic N) is 1.